The maximum Gasteiger partial charge on any atom is 0.278 e. The van der Waals surface area contributed by atoms with Crippen LogP contribution in [0, 0.1) is 15.9 Å². The fourth-order valence-electron chi connectivity index (χ4n) is 1.58. The fourth-order valence-corrected chi connectivity index (χ4v) is 1.58. The summed E-state index contributed by atoms with van der Waals surface area (Å²) in [6.07, 6.45) is 1.24. The van der Waals surface area contributed by atoms with Crippen LogP contribution in [0.3, 0.4) is 0 Å². The summed E-state index contributed by atoms with van der Waals surface area (Å²) in [5.74, 6) is -0.381. The van der Waals surface area contributed by atoms with Crippen molar-refractivity contribution in [3.63, 3.8) is 0 Å². The second-order valence-electron chi connectivity index (χ2n) is 3.92. The summed E-state index contributed by atoms with van der Waals surface area (Å²) in [6.45, 7) is -0.0379. The molecule has 5 nitrogen and oxygen atoms in total. The zero-order valence-corrected chi connectivity index (χ0v) is 10.4. The van der Waals surface area contributed by atoms with Gasteiger partial charge in [0, 0.05) is 11.6 Å². The van der Waals surface area contributed by atoms with Gasteiger partial charge in [-0.3, -0.25) is 10.1 Å². The zero-order valence-electron chi connectivity index (χ0n) is 10.4. The second kappa shape index (κ2) is 6.42. The number of nitro benzene ring substituents is 1. The highest BCUT2D eigenvalue weighted by atomic mass is 19.1. The van der Waals surface area contributed by atoms with E-state index in [0.29, 0.717) is 11.1 Å². The van der Waals surface area contributed by atoms with Gasteiger partial charge >= 0.3 is 0 Å². The van der Waals surface area contributed by atoms with E-state index in [2.05, 4.69) is 5.16 Å². The van der Waals surface area contributed by atoms with Crippen LogP contribution < -0.4 is 0 Å². The van der Waals surface area contributed by atoms with Gasteiger partial charge in [-0.1, -0.05) is 35.5 Å². The minimum Gasteiger partial charge on any atom is -0.391 e. The van der Waals surface area contributed by atoms with E-state index in [1.165, 1.54) is 18.3 Å². The van der Waals surface area contributed by atoms with E-state index >= 15 is 0 Å². The molecule has 2 rings (SSSR count). The van der Waals surface area contributed by atoms with Crippen molar-refractivity contribution in [2.24, 2.45) is 5.16 Å². The number of nitrogens with zero attached hydrogens (tertiary/aromatic N) is 2. The highest BCUT2D eigenvalue weighted by molar-refractivity contribution is 5.84. The zero-order chi connectivity index (χ0) is 14.4. The van der Waals surface area contributed by atoms with Crippen LogP contribution in [0.1, 0.15) is 11.1 Å². The molecular weight excluding hydrogens is 263 g/mol. The summed E-state index contributed by atoms with van der Waals surface area (Å²) in [4.78, 5) is 15.2. The monoisotopic (exact) mass is 274 g/mol. The van der Waals surface area contributed by atoms with Gasteiger partial charge in [-0.2, -0.15) is 0 Å². The lowest BCUT2D eigenvalue weighted by molar-refractivity contribution is -0.385. The molecule has 0 radical (unpaired) electrons. The van der Waals surface area contributed by atoms with Crippen LogP contribution in [-0.4, -0.2) is 11.1 Å². The van der Waals surface area contributed by atoms with Gasteiger partial charge in [0.1, 0.15) is 12.4 Å². The Labute approximate surface area is 114 Å². The summed E-state index contributed by atoms with van der Waals surface area (Å²) in [6, 6.07) is 12.3. The summed E-state index contributed by atoms with van der Waals surface area (Å²) in [5.41, 5.74) is 0.629. The molecule has 0 N–H and O–H groups in total. The molecule has 0 saturated heterocycles. The van der Waals surface area contributed by atoms with Crippen molar-refractivity contribution in [1.82, 2.24) is 0 Å². The van der Waals surface area contributed by atoms with Gasteiger partial charge in [-0.15, -0.1) is 0 Å². The molecule has 0 aliphatic rings. The molecule has 102 valence electrons. The molecule has 0 amide bonds. The van der Waals surface area contributed by atoms with Crippen LogP contribution in [0.5, 0.6) is 0 Å². The van der Waals surface area contributed by atoms with Crippen LogP contribution in [0.2, 0.25) is 0 Å². The van der Waals surface area contributed by atoms with E-state index in [-0.39, 0.29) is 18.1 Å². The first kappa shape index (κ1) is 13.7. The summed E-state index contributed by atoms with van der Waals surface area (Å²) in [7, 11) is 0. The van der Waals surface area contributed by atoms with Crippen LogP contribution in [-0.2, 0) is 11.4 Å². The largest absolute Gasteiger partial charge is 0.391 e. The smallest absolute Gasteiger partial charge is 0.278 e. The molecule has 2 aromatic carbocycles. The normalized spacial score (nSPS) is 10.7. The molecule has 0 heterocycles. The minimum absolute atomic E-state index is 0.0379. The van der Waals surface area contributed by atoms with Gasteiger partial charge in [0.25, 0.3) is 5.69 Å². The Bertz CT molecular complexity index is 644. The Hall–Kier alpha value is -2.76. The van der Waals surface area contributed by atoms with Gasteiger partial charge in [0.15, 0.2) is 0 Å². The van der Waals surface area contributed by atoms with Crippen LogP contribution in [0.25, 0.3) is 0 Å². The number of oxime groups is 1. The third kappa shape index (κ3) is 3.38. The molecule has 20 heavy (non-hydrogen) atoms. The first-order valence-corrected chi connectivity index (χ1v) is 5.80. The van der Waals surface area contributed by atoms with Crippen molar-refractivity contribution in [2.45, 2.75) is 6.61 Å². The van der Waals surface area contributed by atoms with Gasteiger partial charge < -0.3 is 4.84 Å². The molecular formula is C14H11FN2O3. The van der Waals surface area contributed by atoms with E-state index in [1.54, 1.807) is 36.4 Å². The van der Waals surface area contributed by atoms with Gasteiger partial charge in [0.05, 0.1) is 16.7 Å². The van der Waals surface area contributed by atoms with Crippen LogP contribution in [0.4, 0.5) is 10.1 Å². The first-order valence-electron chi connectivity index (χ1n) is 5.80. The third-order valence-corrected chi connectivity index (χ3v) is 2.58. The Balaban J connectivity index is 2.01. The van der Waals surface area contributed by atoms with Gasteiger partial charge in [-0.05, 0) is 12.1 Å². The molecule has 2 aromatic rings. The van der Waals surface area contributed by atoms with Crippen molar-refractivity contribution in [2.75, 3.05) is 0 Å². The first-order chi connectivity index (χ1) is 9.68. The van der Waals surface area contributed by atoms with Crippen LogP contribution >= 0.6 is 0 Å². The Kier molecular flexibility index (Phi) is 4.39. The van der Waals surface area contributed by atoms with E-state index in [0.717, 1.165) is 0 Å². The molecule has 0 saturated carbocycles. The lowest BCUT2D eigenvalue weighted by Crippen LogP contribution is -1.95. The van der Waals surface area contributed by atoms with Gasteiger partial charge in [0.2, 0.25) is 0 Å². The molecule has 6 heteroatoms. The average Bonchev–Trinajstić information content (AvgIpc) is 2.45. The topological polar surface area (TPSA) is 64.7 Å². The lowest BCUT2D eigenvalue weighted by atomic mass is 10.2. The standard InChI is InChI=1S/C14H11FN2O3/c15-13-7-3-1-6-12(13)10-20-16-9-11-5-2-4-8-14(11)17(18)19/h1-9H,10H2/b16-9+. The summed E-state index contributed by atoms with van der Waals surface area (Å²) in [5, 5.41) is 14.4. The van der Waals surface area contributed by atoms with Gasteiger partial charge in [-0.25, -0.2) is 4.39 Å². The molecule has 0 aromatic heterocycles. The number of halogens is 1. The number of nitro groups is 1. The fraction of sp³-hybridized carbons (Fsp3) is 0.0714. The van der Waals surface area contributed by atoms with Crippen molar-refractivity contribution in [3.05, 3.63) is 75.6 Å². The molecule has 0 unspecified atom stereocenters. The quantitative estimate of drug-likeness (QED) is 0.477. The third-order valence-electron chi connectivity index (χ3n) is 2.58. The van der Waals surface area contributed by atoms with E-state index in [9.17, 15) is 14.5 Å². The number of rotatable bonds is 5. The van der Waals surface area contributed by atoms with E-state index in [4.69, 9.17) is 4.84 Å². The molecule has 0 spiro atoms. The van der Waals surface area contributed by atoms with E-state index in [1.807, 2.05) is 0 Å². The molecule has 0 fully saturated rings. The minimum atomic E-state index is -0.502. The highest BCUT2D eigenvalue weighted by Gasteiger charge is 2.10. The Morgan fingerprint density at radius 1 is 1.20 bits per heavy atom. The molecule has 0 bridgehead atoms. The molecule has 0 atom stereocenters. The van der Waals surface area contributed by atoms with Crippen molar-refractivity contribution < 1.29 is 14.2 Å². The van der Waals surface area contributed by atoms with E-state index < -0.39 is 4.92 Å². The predicted octanol–water partition coefficient (Wildman–Crippen LogP) is 3.28. The van der Waals surface area contributed by atoms with Crippen LogP contribution in [0.15, 0.2) is 53.7 Å². The number of para-hydroxylation sites is 1. The Morgan fingerprint density at radius 3 is 2.65 bits per heavy atom. The summed E-state index contributed by atoms with van der Waals surface area (Å²) >= 11 is 0. The maximum absolute atomic E-state index is 13.3. The second-order valence-corrected chi connectivity index (χ2v) is 3.92. The molecule has 0 aliphatic heterocycles. The SMILES string of the molecule is O=[N+]([O-])c1ccccc1/C=N/OCc1ccccc1F. The Morgan fingerprint density at radius 2 is 1.90 bits per heavy atom. The molecule has 0 aliphatic carbocycles. The average molecular weight is 274 g/mol. The van der Waals surface area contributed by atoms with Crippen molar-refractivity contribution in [1.29, 1.82) is 0 Å². The number of hydrogen-bond acceptors (Lipinski definition) is 4. The number of hydrogen-bond donors (Lipinski definition) is 0. The lowest BCUT2D eigenvalue weighted by Gasteiger charge is -2.01. The summed E-state index contributed by atoms with van der Waals surface area (Å²) < 4.78 is 13.3. The van der Waals surface area contributed by atoms with Crippen molar-refractivity contribution >= 4 is 11.9 Å². The van der Waals surface area contributed by atoms with Crippen molar-refractivity contribution in [3.8, 4) is 0 Å². The predicted molar refractivity (Wildman–Crippen MR) is 71.9 cm³/mol. The highest BCUT2D eigenvalue weighted by Crippen LogP contribution is 2.15. The maximum atomic E-state index is 13.3. The number of benzene rings is 2.